The van der Waals surface area contributed by atoms with Crippen LogP contribution in [0.25, 0.3) is 17.1 Å². The first kappa shape index (κ1) is 16.9. The van der Waals surface area contributed by atoms with Crippen LogP contribution in [0.4, 0.5) is 10.1 Å². The second-order valence-electron chi connectivity index (χ2n) is 5.30. The molecular weight excluding hydrogens is 471 g/mol. The van der Waals surface area contributed by atoms with Gasteiger partial charge >= 0.3 is 0 Å². The van der Waals surface area contributed by atoms with Crippen LogP contribution in [0.15, 0.2) is 62.4 Å². The second kappa shape index (κ2) is 6.65. The number of hydrogen-bond donors (Lipinski definition) is 1. The van der Waals surface area contributed by atoms with Crippen molar-refractivity contribution in [2.75, 3.05) is 5.32 Å². The Morgan fingerprint density at radius 1 is 1.23 bits per heavy atom. The van der Waals surface area contributed by atoms with Crippen LogP contribution in [-0.4, -0.2) is 20.5 Å². The number of fused-ring (bicyclic) bond motifs is 1. The Hall–Kier alpha value is -2.52. The minimum absolute atomic E-state index is 0.279. The van der Waals surface area contributed by atoms with Gasteiger partial charge in [-0.05, 0) is 62.2 Å². The van der Waals surface area contributed by atoms with Crippen molar-refractivity contribution < 1.29 is 13.6 Å². The third kappa shape index (κ3) is 2.93. The standard InChI is InChI=1S/C17H9Br2FN4O2/c18-11-6-9(20)7-12(19)15(11)23-17(25)10-8-22-24-13(3-4-21-16(10)24)14-2-1-5-26-14/h1-8H,(H,23,25). The van der Waals surface area contributed by atoms with E-state index in [0.29, 0.717) is 31.7 Å². The minimum Gasteiger partial charge on any atom is -0.463 e. The summed E-state index contributed by atoms with van der Waals surface area (Å²) >= 11 is 6.49. The molecule has 0 radical (unpaired) electrons. The van der Waals surface area contributed by atoms with Crippen molar-refractivity contribution in [1.29, 1.82) is 0 Å². The van der Waals surface area contributed by atoms with E-state index < -0.39 is 11.7 Å². The molecule has 3 heterocycles. The summed E-state index contributed by atoms with van der Waals surface area (Å²) in [6.45, 7) is 0. The molecule has 0 spiro atoms. The van der Waals surface area contributed by atoms with Crippen LogP contribution >= 0.6 is 31.9 Å². The molecule has 0 fully saturated rings. The molecule has 0 atom stereocenters. The van der Waals surface area contributed by atoms with E-state index in [0.717, 1.165) is 0 Å². The van der Waals surface area contributed by atoms with Gasteiger partial charge in [0, 0.05) is 15.1 Å². The molecule has 0 bridgehead atoms. The molecule has 0 saturated heterocycles. The molecule has 9 heteroatoms. The van der Waals surface area contributed by atoms with Crippen molar-refractivity contribution in [3.05, 3.63) is 69.3 Å². The molecule has 26 heavy (non-hydrogen) atoms. The van der Waals surface area contributed by atoms with Crippen molar-refractivity contribution in [2.24, 2.45) is 0 Å². The normalized spacial score (nSPS) is 11.0. The highest BCUT2D eigenvalue weighted by molar-refractivity contribution is 9.11. The molecule has 0 unspecified atom stereocenters. The molecule has 0 aliphatic rings. The molecule has 0 saturated carbocycles. The zero-order valence-corrected chi connectivity index (χ0v) is 16.1. The van der Waals surface area contributed by atoms with Crippen LogP contribution in [0, 0.1) is 5.82 Å². The number of carbonyl (C=O) groups excluding carboxylic acids is 1. The number of benzene rings is 1. The predicted molar refractivity (Wildman–Crippen MR) is 100 cm³/mol. The van der Waals surface area contributed by atoms with E-state index in [1.807, 2.05) is 0 Å². The first-order valence-electron chi connectivity index (χ1n) is 7.37. The van der Waals surface area contributed by atoms with Crippen LogP contribution < -0.4 is 5.32 Å². The van der Waals surface area contributed by atoms with Crippen molar-refractivity contribution in [3.63, 3.8) is 0 Å². The van der Waals surface area contributed by atoms with E-state index >= 15 is 0 Å². The Labute approximate surface area is 163 Å². The first-order valence-corrected chi connectivity index (χ1v) is 8.95. The summed E-state index contributed by atoms with van der Waals surface area (Å²) in [6, 6.07) is 7.84. The fraction of sp³-hybridized carbons (Fsp3) is 0. The number of carbonyl (C=O) groups is 1. The van der Waals surface area contributed by atoms with Crippen LogP contribution in [0.3, 0.4) is 0 Å². The SMILES string of the molecule is O=C(Nc1c(Br)cc(F)cc1Br)c1cnn2c(-c3ccco3)ccnc12. The maximum absolute atomic E-state index is 13.4. The number of nitrogens with one attached hydrogen (secondary N) is 1. The number of hydrogen-bond acceptors (Lipinski definition) is 4. The maximum Gasteiger partial charge on any atom is 0.261 e. The van der Waals surface area contributed by atoms with Gasteiger partial charge in [0.25, 0.3) is 5.91 Å². The van der Waals surface area contributed by atoms with E-state index in [4.69, 9.17) is 4.42 Å². The van der Waals surface area contributed by atoms with Gasteiger partial charge in [-0.25, -0.2) is 13.9 Å². The summed E-state index contributed by atoms with van der Waals surface area (Å²) in [5.41, 5.74) is 1.74. The Morgan fingerprint density at radius 3 is 2.69 bits per heavy atom. The van der Waals surface area contributed by atoms with Crippen LogP contribution in [0.2, 0.25) is 0 Å². The highest BCUT2D eigenvalue weighted by atomic mass is 79.9. The smallest absolute Gasteiger partial charge is 0.261 e. The number of nitrogens with zero attached hydrogens (tertiary/aromatic N) is 3. The van der Waals surface area contributed by atoms with E-state index in [-0.39, 0.29) is 5.56 Å². The lowest BCUT2D eigenvalue weighted by molar-refractivity contribution is 0.102. The fourth-order valence-electron chi connectivity index (χ4n) is 2.51. The number of aromatic nitrogens is 3. The Balaban J connectivity index is 1.74. The highest BCUT2D eigenvalue weighted by Crippen LogP contribution is 2.32. The summed E-state index contributed by atoms with van der Waals surface area (Å²) in [5, 5.41) is 6.98. The zero-order chi connectivity index (χ0) is 18.3. The average Bonchev–Trinajstić information content (AvgIpc) is 3.27. The quantitative estimate of drug-likeness (QED) is 0.453. The van der Waals surface area contributed by atoms with Gasteiger partial charge in [0.1, 0.15) is 17.1 Å². The predicted octanol–water partition coefficient (Wildman–Crippen LogP) is 4.91. The molecule has 1 aromatic carbocycles. The fourth-order valence-corrected chi connectivity index (χ4v) is 3.83. The zero-order valence-electron chi connectivity index (χ0n) is 12.9. The van der Waals surface area contributed by atoms with Crippen LogP contribution in [0.5, 0.6) is 0 Å². The molecule has 0 aliphatic carbocycles. The summed E-state index contributed by atoms with van der Waals surface area (Å²) in [7, 11) is 0. The van der Waals surface area contributed by atoms with Gasteiger partial charge in [0.05, 0.1) is 18.1 Å². The second-order valence-corrected chi connectivity index (χ2v) is 7.01. The van der Waals surface area contributed by atoms with Gasteiger partial charge in [-0.3, -0.25) is 4.79 Å². The average molecular weight is 480 g/mol. The Morgan fingerprint density at radius 2 is 2.00 bits per heavy atom. The van der Waals surface area contributed by atoms with Crippen LogP contribution in [-0.2, 0) is 0 Å². The molecule has 4 aromatic rings. The van der Waals surface area contributed by atoms with Gasteiger partial charge in [-0.1, -0.05) is 0 Å². The van der Waals surface area contributed by atoms with Crippen molar-refractivity contribution in [3.8, 4) is 11.5 Å². The molecular formula is C17H9Br2FN4O2. The lowest BCUT2D eigenvalue weighted by Gasteiger charge is -2.09. The maximum atomic E-state index is 13.4. The van der Waals surface area contributed by atoms with Gasteiger partial charge in [-0.2, -0.15) is 5.10 Å². The van der Waals surface area contributed by atoms with Gasteiger partial charge < -0.3 is 9.73 Å². The number of furan rings is 1. The number of halogens is 3. The third-order valence-electron chi connectivity index (χ3n) is 3.66. The number of anilines is 1. The van der Waals surface area contributed by atoms with Crippen molar-refractivity contribution >= 4 is 49.1 Å². The summed E-state index contributed by atoms with van der Waals surface area (Å²) in [6.07, 6.45) is 4.56. The van der Waals surface area contributed by atoms with Gasteiger partial charge in [0.2, 0.25) is 0 Å². The molecule has 6 nitrogen and oxygen atoms in total. The lowest BCUT2D eigenvalue weighted by atomic mass is 10.2. The summed E-state index contributed by atoms with van der Waals surface area (Å²) in [5.74, 6) is -0.240. The van der Waals surface area contributed by atoms with Crippen molar-refractivity contribution in [1.82, 2.24) is 14.6 Å². The highest BCUT2D eigenvalue weighted by Gasteiger charge is 2.19. The Bertz CT molecular complexity index is 1100. The van der Waals surface area contributed by atoms with E-state index in [1.54, 1.807) is 30.7 Å². The third-order valence-corrected chi connectivity index (χ3v) is 4.92. The number of amides is 1. The molecule has 0 aliphatic heterocycles. The minimum atomic E-state index is -0.428. The van der Waals surface area contributed by atoms with Gasteiger partial charge in [-0.15, -0.1) is 0 Å². The molecule has 1 N–H and O–H groups in total. The first-order chi connectivity index (χ1) is 12.5. The molecule has 4 rings (SSSR count). The monoisotopic (exact) mass is 478 g/mol. The molecule has 1 amide bonds. The van der Waals surface area contributed by atoms with Crippen LogP contribution in [0.1, 0.15) is 10.4 Å². The Kier molecular flexibility index (Phi) is 4.33. The molecule has 130 valence electrons. The topological polar surface area (TPSA) is 72.4 Å². The largest absolute Gasteiger partial charge is 0.463 e. The van der Waals surface area contributed by atoms with E-state index in [2.05, 4.69) is 47.3 Å². The van der Waals surface area contributed by atoms with Crippen molar-refractivity contribution in [2.45, 2.75) is 0 Å². The van der Waals surface area contributed by atoms with E-state index in [1.165, 1.54) is 22.8 Å². The summed E-state index contributed by atoms with van der Waals surface area (Å²) < 4.78 is 21.2. The van der Waals surface area contributed by atoms with Gasteiger partial charge in [0.15, 0.2) is 11.4 Å². The lowest BCUT2D eigenvalue weighted by Crippen LogP contribution is -2.13. The molecule has 3 aromatic heterocycles. The van der Waals surface area contributed by atoms with E-state index in [9.17, 15) is 9.18 Å². The number of rotatable bonds is 3. The summed E-state index contributed by atoms with van der Waals surface area (Å²) in [4.78, 5) is 17.0.